The van der Waals surface area contributed by atoms with Gasteiger partial charge in [0.05, 0.1) is 11.4 Å². The van der Waals surface area contributed by atoms with Crippen LogP contribution < -0.4 is 9.64 Å². The van der Waals surface area contributed by atoms with Gasteiger partial charge in [-0.25, -0.2) is 4.98 Å². The Balaban J connectivity index is 1.56. The Morgan fingerprint density at radius 3 is 1.31 bits per heavy atom. The monoisotopic (exact) mass is 554 g/mol. The van der Waals surface area contributed by atoms with E-state index in [0.29, 0.717) is 17.6 Å². The molecule has 212 valence electrons. The number of ether oxygens (including phenoxy) is 1. The largest absolute Gasteiger partial charge is 0.453 e. The third-order valence-electron chi connectivity index (χ3n) is 7.77. The Bertz CT molecular complexity index is 1650. The lowest BCUT2D eigenvalue weighted by atomic mass is 9.86. The number of hydrogen-bond donors (Lipinski definition) is 0. The van der Waals surface area contributed by atoms with Gasteiger partial charge >= 0.3 is 0 Å². The molecule has 1 aliphatic heterocycles. The molecule has 0 fully saturated rings. The maximum atomic E-state index is 6.40. The third kappa shape index (κ3) is 5.27. The lowest BCUT2D eigenvalue weighted by molar-refractivity contribution is 0.475. The van der Waals surface area contributed by atoms with Crippen LogP contribution in [0.25, 0.3) is 22.8 Å². The van der Waals surface area contributed by atoms with Crippen LogP contribution in [0.5, 0.6) is 11.5 Å². The summed E-state index contributed by atoms with van der Waals surface area (Å²) in [4.78, 5) is 17.3. The molecule has 42 heavy (non-hydrogen) atoms. The molecule has 6 rings (SSSR count). The average molecular weight is 555 g/mol. The summed E-state index contributed by atoms with van der Waals surface area (Å²) in [6.45, 7) is 17.5. The second-order valence-corrected chi connectivity index (χ2v) is 13.3. The second kappa shape index (κ2) is 10.1. The van der Waals surface area contributed by atoms with Crippen LogP contribution in [0, 0.1) is 13.8 Å². The summed E-state index contributed by atoms with van der Waals surface area (Å²) in [6, 6.07) is 29.6. The first-order chi connectivity index (χ1) is 19.9. The van der Waals surface area contributed by atoms with Crippen molar-refractivity contribution >= 4 is 17.3 Å². The van der Waals surface area contributed by atoms with Gasteiger partial charge in [0.1, 0.15) is 0 Å². The standard InChI is InChI=1S/C37H38N4O/c1-23-9-19-29-31(21-23)42-32-22-24(2)10-20-30(32)41(29)35-39-33(25-11-15-27(16-12-25)36(3,4)5)38-34(40-35)26-13-17-28(18-14-26)37(6,7)8/h9-22H,1-8H3. The van der Waals surface area contributed by atoms with E-state index in [1.165, 1.54) is 11.1 Å². The van der Waals surface area contributed by atoms with Gasteiger partial charge in [0, 0.05) is 11.1 Å². The van der Waals surface area contributed by atoms with E-state index in [1.807, 2.05) is 0 Å². The van der Waals surface area contributed by atoms with Crippen LogP contribution in [-0.4, -0.2) is 15.0 Å². The van der Waals surface area contributed by atoms with Gasteiger partial charge in [-0.05, 0) is 71.2 Å². The molecule has 4 aromatic carbocycles. The number of fused-ring (bicyclic) bond motifs is 2. The minimum Gasteiger partial charge on any atom is -0.453 e. The van der Waals surface area contributed by atoms with E-state index in [-0.39, 0.29) is 10.8 Å². The zero-order valence-corrected chi connectivity index (χ0v) is 25.8. The number of nitrogens with zero attached hydrogens (tertiary/aromatic N) is 4. The molecule has 0 N–H and O–H groups in total. The topological polar surface area (TPSA) is 51.1 Å². The van der Waals surface area contributed by atoms with E-state index in [1.54, 1.807) is 0 Å². The highest BCUT2D eigenvalue weighted by Crippen LogP contribution is 2.50. The van der Waals surface area contributed by atoms with Crippen molar-refractivity contribution in [2.75, 3.05) is 4.90 Å². The number of aromatic nitrogens is 3. The number of anilines is 3. The Morgan fingerprint density at radius 1 is 0.524 bits per heavy atom. The van der Waals surface area contributed by atoms with Gasteiger partial charge in [0.25, 0.3) is 0 Å². The van der Waals surface area contributed by atoms with E-state index in [9.17, 15) is 0 Å². The van der Waals surface area contributed by atoms with E-state index >= 15 is 0 Å². The molecule has 0 bridgehead atoms. The van der Waals surface area contributed by atoms with Crippen LogP contribution in [-0.2, 0) is 10.8 Å². The maximum Gasteiger partial charge on any atom is 0.239 e. The molecule has 0 radical (unpaired) electrons. The zero-order chi connectivity index (χ0) is 29.8. The summed E-state index contributed by atoms with van der Waals surface area (Å²) in [7, 11) is 0. The maximum absolute atomic E-state index is 6.40. The highest BCUT2D eigenvalue weighted by molar-refractivity contribution is 5.85. The van der Waals surface area contributed by atoms with Crippen molar-refractivity contribution in [3.05, 3.63) is 107 Å². The van der Waals surface area contributed by atoms with Crippen molar-refractivity contribution in [3.63, 3.8) is 0 Å². The van der Waals surface area contributed by atoms with Gasteiger partial charge in [0.15, 0.2) is 23.1 Å². The summed E-state index contributed by atoms with van der Waals surface area (Å²) in [6.07, 6.45) is 0. The zero-order valence-electron chi connectivity index (χ0n) is 25.8. The van der Waals surface area contributed by atoms with Crippen molar-refractivity contribution in [2.45, 2.75) is 66.2 Å². The minimum atomic E-state index is 0.0558. The fourth-order valence-corrected chi connectivity index (χ4v) is 5.20. The first-order valence-electron chi connectivity index (χ1n) is 14.5. The van der Waals surface area contributed by atoms with Crippen LogP contribution >= 0.6 is 0 Å². The molecule has 0 atom stereocenters. The first kappa shape index (κ1) is 27.6. The average Bonchev–Trinajstić information content (AvgIpc) is 2.94. The molecule has 5 aromatic rings. The first-order valence-corrected chi connectivity index (χ1v) is 14.5. The molecule has 0 unspecified atom stereocenters. The van der Waals surface area contributed by atoms with Crippen LogP contribution in [0.15, 0.2) is 84.9 Å². The molecule has 0 saturated heterocycles. The van der Waals surface area contributed by atoms with E-state index < -0.39 is 0 Å². The fraction of sp³-hybridized carbons (Fsp3) is 0.270. The summed E-state index contributed by atoms with van der Waals surface area (Å²) in [5.41, 5.74) is 8.57. The normalized spacial score (nSPS) is 12.9. The molecular weight excluding hydrogens is 516 g/mol. The lowest BCUT2D eigenvalue weighted by Gasteiger charge is -2.32. The van der Waals surface area contributed by atoms with Crippen molar-refractivity contribution in [3.8, 4) is 34.3 Å². The SMILES string of the molecule is Cc1ccc2c(c1)Oc1cc(C)ccc1N2c1nc(-c2ccc(C(C)(C)C)cc2)nc(-c2ccc(C(C)(C)C)cc2)n1. The van der Waals surface area contributed by atoms with Gasteiger partial charge < -0.3 is 4.74 Å². The van der Waals surface area contributed by atoms with Gasteiger partial charge in [-0.15, -0.1) is 0 Å². The van der Waals surface area contributed by atoms with Gasteiger partial charge in [-0.1, -0.05) is 102 Å². The summed E-state index contributed by atoms with van der Waals surface area (Å²) in [5, 5.41) is 0. The summed E-state index contributed by atoms with van der Waals surface area (Å²) < 4.78 is 6.40. The number of rotatable bonds is 3. The number of benzene rings is 4. The molecule has 5 nitrogen and oxygen atoms in total. The number of aryl methyl sites for hydroxylation is 2. The van der Waals surface area contributed by atoms with Gasteiger partial charge in [-0.2, -0.15) is 9.97 Å². The van der Waals surface area contributed by atoms with Crippen LogP contribution in [0.1, 0.15) is 63.8 Å². The highest BCUT2D eigenvalue weighted by atomic mass is 16.5. The molecule has 0 saturated carbocycles. The highest BCUT2D eigenvalue weighted by Gasteiger charge is 2.29. The Kier molecular flexibility index (Phi) is 6.64. The Labute approximate surface area is 249 Å². The molecule has 1 aliphatic rings. The molecule has 0 amide bonds. The minimum absolute atomic E-state index is 0.0558. The fourth-order valence-electron chi connectivity index (χ4n) is 5.20. The third-order valence-corrected chi connectivity index (χ3v) is 7.77. The number of hydrogen-bond acceptors (Lipinski definition) is 5. The van der Waals surface area contributed by atoms with Crippen molar-refractivity contribution in [1.82, 2.24) is 15.0 Å². The van der Waals surface area contributed by atoms with E-state index in [0.717, 1.165) is 45.1 Å². The molecule has 0 spiro atoms. The quantitative estimate of drug-likeness (QED) is 0.218. The predicted octanol–water partition coefficient (Wildman–Crippen LogP) is 9.99. The van der Waals surface area contributed by atoms with Crippen molar-refractivity contribution in [2.24, 2.45) is 0 Å². The van der Waals surface area contributed by atoms with Crippen LogP contribution in [0.3, 0.4) is 0 Å². The molecule has 5 heteroatoms. The smallest absolute Gasteiger partial charge is 0.239 e. The molecule has 2 heterocycles. The van der Waals surface area contributed by atoms with Crippen molar-refractivity contribution in [1.29, 1.82) is 0 Å². The predicted molar refractivity (Wildman–Crippen MR) is 172 cm³/mol. The molecule has 0 aliphatic carbocycles. The second-order valence-electron chi connectivity index (χ2n) is 13.3. The van der Waals surface area contributed by atoms with Crippen LogP contribution in [0.4, 0.5) is 17.3 Å². The molecular formula is C37H38N4O. The lowest BCUT2D eigenvalue weighted by Crippen LogP contribution is -2.19. The van der Waals surface area contributed by atoms with Crippen LogP contribution in [0.2, 0.25) is 0 Å². The summed E-state index contributed by atoms with van der Waals surface area (Å²) in [5.74, 6) is 3.36. The molecule has 1 aromatic heterocycles. The van der Waals surface area contributed by atoms with E-state index in [2.05, 4.69) is 145 Å². The Hall–Kier alpha value is -4.51. The van der Waals surface area contributed by atoms with Gasteiger partial charge in [-0.3, -0.25) is 4.90 Å². The van der Waals surface area contributed by atoms with Gasteiger partial charge in [0.2, 0.25) is 5.95 Å². The van der Waals surface area contributed by atoms with E-state index in [4.69, 9.17) is 19.7 Å². The van der Waals surface area contributed by atoms with Crippen molar-refractivity contribution < 1.29 is 4.74 Å². The summed E-state index contributed by atoms with van der Waals surface area (Å²) >= 11 is 0. The Morgan fingerprint density at radius 2 is 0.929 bits per heavy atom.